The average Bonchev–Trinajstić information content (AvgIpc) is 3.27. The molecule has 2 heterocycles. The van der Waals surface area contributed by atoms with Crippen molar-refractivity contribution >= 4 is 34.6 Å². The fourth-order valence-corrected chi connectivity index (χ4v) is 3.90. The van der Waals surface area contributed by atoms with E-state index in [1.165, 1.54) is 0 Å². The number of esters is 1. The Morgan fingerprint density at radius 3 is 2.48 bits per heavy atom. The van der Waals surface area contributed by atoms with Gasteiger partial charge in [-0.1, -0.05) is 0 Å². The summed E-state index contributed by atoms with van der Waals surface area (Å²) in [5.41, 5.74) is 2.93. The van der Waals surface area contributed by atoms with Crippen LogP contribution in [0.15, 0.2) is 53.9 Å². The van der Waals surface area contributed by atoms with Gasteiger partial charge < -0.3 is 24.4 Å². The summed E-state index contributed by atoms with van der Waals surface area (Å²) >= 11 is 1.57. The minimum absolute atomic E-state index is 0.342. The van der Waals surface area contributed by atoms with Crippen molar-refractivity contribution in [2.75, 3.05) is 43.1 Å². The van der Waals surface area contributed by atoms with Crippen LogP contribution >= 0.6 is 11.3 Å². The molecule has 0 bridgehead atoms. The highest BCUT2D eigenvalue weighted by molar-refractivity contribution is 7.09. The van der Waals surface area contributed by atoms with Gasteiger partial charge in [-0.15, -0.1) is 11.3 Å². The van der Waals surface area contributed by atoms with Gasteiger partial charge in [0.15, 0.2) is 6.61 Å². The Morgan fingerprint density at radius 2 is 1.82 bits per heavy atom. The number of thiazole rings is 1. The molecule has 0 aliphatic carbocycles. The molecule has 0 radical (unpaired) electrons. The smallest absolute Gasteiger partial charge is 0.338 e. The second-order valence-corrected chi connectivity index (χ2v) is 8.50. The van der Waals surface area contributed by atoms with Crippen LogP contribution in [-0.4, -0.2) is 49.8 Å². The Morgan fingerprint density at radius 1 is 1.09 bits per heavy atom. The second kappa shape index (κ2) is 10.9. The van der Waals surface area contributed by atoms with E-state index in [0.29, 0.717) is 36.8 Å². The molecule has 1 amide bonds. The Labute approximate surface area is 196 Å². The number of aromatic nitrogens is 1. The molecule has 1 aromatic heterocycles. The number of amides is 1. The lowest BCUT2D eigenvalue weighted by molar-refractivity contribution is -0.119. The Hall–Kier alpha value is -3.43. The first-order chi connectivity index (χ1) is 16.1. The maximum Gasteiger partial charge on any atom is 0.338 e. The summed E-state index contributed by atoms with van der Waals surface area (Å²) < 4.78 is 16.2. The lowest BCUT2D eigenvalue weighted by Crippen LogP contribution is -2.36. The molecule has 1 saturated heterocycles. The number of hydrogen-bond acceptors (Lipinski definition) is 8. The molecule has 4 rings (SSSR count). The third kappa shape index (κ3) is 6.53. The zero-order valence-electron chi connectivity index (χ0n) is 18.3. The van der Waals surface area contributed by atoms with Crippen LogP contribution in [0.2, 0.25) is 0 Å². The summed E-state index contributed by atoms with van der Waals surface area (Å²) in [4.78, 5) is 31.0. The maximum atomic E-state index is 12.2. The van der Waals surface area contributed by atoms with E-state index in [-0.39, 0.29) is 6.61 Å². The van der Waals surface area contributed by atoms with Crippen molar-refractivity contribution in [2.45, 2.75) is 13.5 Å². The molecule has 33 heavy (non-hydrogen) atoms. The molecule has 1 fully saturated rings. The molecule has 1 aliphatic rings. The topological polar surface area (TPSA) is 90.0 Å². The van der Waals surface area contributed by atoms with Gasteiger partial charge >= 0.3 is 5.97 Å². The first kappa shape index (κ1) is 22.8. The number of nitrogens with one attached hydrogen (secondary N) is 1. The molecule has 2 aromatic carbocycles. The number of carbonyl (C=O) groups excluding carboxylic acids is 2. The van der Waals surface area contributed by atoms with Gasteiger partial charge in [-0.25, -0.2) is 9.78 Å². The number of nitrogens with zero attached hydrogens (tertiary/aromatic N) is 2. The maximum absolute atomic E-state index is 12.2. The van der Waals surface area contributed by atoms with E-state index < -0.39 is 11.9 Å². The summed E-state index contributed by atoms with van der Waals surface area (Å²) in [6.07, 6.45) is 0. The highest BCUT2D eigenvalue weighted by Gasteiger charge is 2.13. The third-order valence-electron chi connectivity index (χ3n) is 5.00. The molecule has 0 unspecified atom stereocenters. The fourth-order valence-electron chi connectivity index (χ4n) is 3.31. The van der Waals surface area contributed by atoms with Crippen molar-refractivity contribution in [3.63, 3.8) is 0 Å². The molecule has 172 valence electrons. The Balaban J connectivity index is 1.21. The Bertz CT molecular complexity index is 1080. The van der Waals surface area contributed by atoms with Crippen LogP contribution in [0.25, 0.3) is 0 Å². The first-order valence-electron chi connectivity index (χ1n) is 10.6. The number of aryl methyl sites for hydroxylation is 1. The van der Waals surface area contributed by atoms with Crippen molar-refractivity contribution in [3.8, 4) is 5.75 Å². The highest BCUT2D eigenvalue weighted by atomic mass is 32.1. The van der Waals surface area contributed by atoms with Crippen LogP contribution < -0.4 is 15.0 Å². The van der Waals surface area contributed by atoms with Crippen molar-refractivity contribution < 1.29 is 23.8 Å². The van der Waals surface area contributed by atoms with Crippen LogP contribution in [-0.2, 0) is 20.9 Å². The fraction of sp³-hybridized carbons (Fsp3) is 0.292. The number of morpholine rings is 1. The molecular weight excluding hydrogens is 442 g/mol. The second-order valence-electron chi connectivity index (χ2n) is 7.44. The average molecular weight is 468 g/mol. The predicted octanol–water partition coefficient (Wildman–Crippen LogP) is 3.66. The predicted molar refractivity (Wildman–Crippen MR) is 126 cm³/mol. The van der Waals surface area contributed by atoms with Crippen LogP contribution in [0, 0.1) is 6.92 Å². The largest absolute Gasteiger partial charge is 0.487 e. The van der Waals surface area contributed by atoms with Crippen molar-refractivity contribution in [3.05, 3.63) is 70.2 Å². The molecule has 9 heteroatoms. The molecule has 1 N–H and O–H groups in total. The lowest BCUT2D eigenvalue weighted by Gasteiger charge is -2.28. The standard InChI is InChI=1S/C24H25N3O5S/c1-17-25-20(16-33-17)14-31-22-8-2-18(3-9-22)24(29)32-15-23(28)26-19-4-6-21(7-5-19)27-10-12-30-13-11-27/h2-9,16H,10-15H2,1H3,(H,26,28). The van der Waals surface area contributed by atoms with Gasteiger partial charge in [-0.05, 0) is 55.5 Å². The van der Waals surface area contributed by atoms with Gasteiger partial charge in [-0.3, -0.25) is 4.79 Å². The molecule has 8 nitrogen and oxygen atoms in total. The van der Waals surface area contributed by atoms with Crippen LogP contribution in [0.5, 0.6) is 5.75 Å². The molecule has 0 atom stereocenters. The third-order valence-corrected chi connectivity index (χ3v) is 5.83. The Kier molecular flexibility index (Phi) is 7.54. The normalized spacial score (nSPS) is 13.4. The summed E-state index contributed by atoms with van der Waals surface area (Å²) in [5, 5.41) is 5.67. The zero-order valence-corrected chi connectivity index (χ0v) is 19.1. The van der Waals surface area contributed by atoms with E-state index in [0.717, 1.165) is 29.5 Å². The number of ether oxygens (including phenoxy) is 3. The van der Waals surface area contributed by atoms with Crippen molar-refractivity contribution in [1.29, 1.82) is 0 Å². The highest BCUT2D eigenvalue weighted by Crippen LogP contribution is 2.19. The number of anilines is 2. The minimum atomic E-state index is -0.575. The van der Waals surface area contributed by atoms with Crippen LogP contribution in [0.3, 0.4) is 0 Å². The van der Waals surface area contributed by atoms with Crippen molar-refractivity contribution in [1.82, 2.24) is 4.98 Å². The van der Waals surface area contributed by atoms with E-state index in [2.05, 4.69) is 15.2 Å². The van der Waals surface area contributed by atoms with E-state index in [1.54, 1.807) is 35.6 Å². The van der Waals surface area contributed by atoms with E-state index in [1.807, 2.05) is 36.6 Å². The van der Waals surface area contributed by atoms with Gasteiger partial charge in [-0.2, -0.15) is 0 Å². The summed E-state index contributed by atoms with van der Waals surface area (Å²) in [5.74, 6) is -0.356. The van der Waals surface area contributed by atoms with E-state index >= 15 is 0 Å². The lowest BCUT2D eigenvalue weighted by atomic mass is 10.2. The van der Waals surface area contributed by atoms with E-state index in [4.69, 9.17) is 14.2 Å². The summed E-state index contributed by atoms with van der Waals surface area (Å²) in [7, 11) is 0. The summed E-state index contributed by atoms with van der Waals surface area (Å²) in [6, 6.07) is 14.1. The van der Waals surface area contributed by atoms with Gasteiger partial charge in [0.25, 0.3) is 5.91 Å². The summed E-state index contributed by atoms with van der Waals surface area (Å²) in [6.45, 7) is 5.06. The number of hydrogen-bond donors (Lipinski definition) is 1. The number of rotatable bonds is 8. The zero-order chi connectivity index (χ0) is 23.0. The van der Waals surface area contributed by atoms with Crippen molar-refractivity contribution in [2.24, 2.45) is 0 Å². The molecule has 3 aromatic rings. The molecular formula is C24H25N3O5S. The quantitative estimate of drug-likeness (QED) is 0.506. The van der Waals surface area contributed by atoms with Gasteiger partial charge in [0.05, 0.1) is 29.5 Å². The number of benzene rings is 2. The number of carbonyl (C=O) groups is 2. The molecule has 0 spiro atoms. The van der Waals surface area contributed by atoms with Crippen LogP contribution in [0.4, 0.5) is 11.4 Å². The molecule has 0 saturated carbocycles. The SMILES string of the molecule is Cc1nc(COc2ccc(C(=O)OCC(=O)Nc3ccc(N4CCOCC4)cc3)cc2)cs1. The molecule has 1 aliphatic heterocycles. The first-order valence-corrected chi connectivity index (χ1v) is 11.5. The van der Waals surface area contributed by atoms with Gasteiger partial charge in [0, 0.05) is 29.8 Å². The monoisotopic (exact) mass is 467 g/mol. The minimum Gasteiger partial charge on any atom is -0.487 e. The van der Waals surface area contributed by atoms with E-state index in [9.17, 15) is 9.59 Å². The van der Waals surface area contributed by atoms with Crippen LogP contribution in [0.1, 0.15) is 21.1 Å². The van der Waals surface area contributed by atoms with Gasteiger partial charge in [0.2, 0.25) is 0 Å². The van der Waals surface area contributed by atoms with Gasteiger partial charge in [0.1, 0.15) is 12.4 Å².